The fraction of sp³-hybridized carbons (Fsp3) is 0.320. The van der Waals surface area contributed by atoms with Crippen LogP contribution in [0.5, 0.6) is 0 Å². The maximum absolute atomic E-state index is 13.2. The van der Waals surface area contributed by atoms with E-state index in [4.69, 9.17) is 16.6 Å². The molecule has 0 aliphatic carbocycles. The topological polar surface area (TPSA) is 66.3 Å². The molecule has 166 valence electrons. The predicted octanol–water partition coefficient (Wildman–Crippen LogP) is 5.48. The average molecular weight is 454 g/mol. The lowest BCUT2D eigenvalue weighted by molar-refractivity contribution is 0.0694. The highest BCUT2D eigenvalue weighted by Gasteiger charge is 2.27. The van der Waals surface area contributed by atoms with E-state index in [2.05, 4.69) is 9.88 Å². The number of carboxylic acid groups (broad SMARTS) is 1. The molecule has 2 heterocycles. The molecule has 1 aromatic heterocycles. The first-order valence-electron chi connectivity index (χ1n) is 10.8. The molecule has 0 saturated carbocycles. The zero-order chi connectivity index (χ0) is 22.5. The highest BCUT2D eigenvalue weighted by Crippen LogP contribution is 2.31. The largest absolute Gasteiger partial charge is 0.478 e. The molecule has 1 N–H and O–H groups in total. The van der Waals surface area contributed by atoms with Crippen LogP contribution in [-0.2, 0) is 19.4 Å². The van der Waals surface area contributed by atoms with Crippen molar-refractivity contribution in [2.24, 2.45) is 0 Å². The Kier molecular flexibility index (Phi) is 7.12. The zero-order valence-electron chi connectivity index (χ0n) is 17.7. The van der Waals surface area contributed by atoms with Crippen molar-refractivity contribution in [2.75, 3.05) is 6.54 Å². The average Bonchev–Trinajstić information content (AvgIpc) is 2.80. The van der Waals surface area contributed by atoms with E-state index in [-0.39, 0.29) is 17.4 Å². The van der Waals surface area contributed by atoms with E-state index in [1.807, 2.05) is 24.3 Å². The van der Waals surface area contributed by atoms with Crippen molar-refractivity contribution in [1.29, 1.82) is 0 Å². The molecule has 4 rings (SSSR count). The quantitative estimate of drug-likeness (QED) is 0.513. The minimum absolute atomic E-state index is 0.0341. The lowest BCUT2D eigenvalue weighted by Crippen LogP contribution is -2.34. The highest BCUT2D eigenvalue weighted by atomic mass is 35.5. The summed E-state index contributed by atoms with van der Waals surface area (Å²) in [7, 11) is 0. The Labute approximate surface area is 191 Å². The van der Waals surface area contributed by atoms with Gasteiger partial charge in [-0.05, 0) is 67.6 Å². The summed E-state index contributed by atoms with van der Waals surface area (Å²) in [5.41, 5.74) is 2.74. The third-order valence-electron chi connectivity index (χ3n) is 5.89. The molecule has 1 aliphatic heterocycles. The summed E-state index contributed by atoms with van der Waals surface area (Å²) < 4.78 is 13.2. The normalized spacial score (nSPS) is 16.8. The summed E-state index contributed by atoms with van der Waals surface area (Å²) in [6, 6.07) is 14.1. The Balaban J connectivity index is 1.56. The Bertz CT molecular complexity index is 1070. The molecule has 2 aromatic carbocycles. The Morgan fingerprint density at radius 1 is 1.06 bits per heavy atom. The van der Waals surface area contributed by atoms with Gasteiger partial charge in [0.2, 0.25) is 0 Å². The number of carboxylic acids is 1. The minimum Gasteiger partial charge on any atom is -0.478 e. The van der Waals surface area contributed by atoms with Gasteiger partial charge in [-0.1, -0.05) is 42.3 Å². The number of hydrogen-bond acceptors (Lipinski definition) is 4. The fourth-order valence-electron chi connectivity index (χ4n) is 4.17. The van der Waals surface area contributed by atoms with E-state index >= 15 is 0 Å². The first-order chi connectivity index (χ1) is 15.5. The van der Waals surface area contributed by atoms with Crippen LogP contribution in [-0.4, -0.2) is 32.5 Å². The monoisotopic (exact) mass is 453 g/mol. The van der Waals surface area contributed by atoms with E-state index in [0.717, 1.165) is 37.9 Å². The molecule has 1 fully saturated rings. The number of piperidine rings is 1. The van der Waals surface area contributed by atoms with Gasteiger partial charge in [-0.3, -0.25) is 4.90 Å². The van der Waals surface area contributed by atoms with Crippen LogP contribution in [0.3, 0.4) is 0 Å². The van der Waals surface area contributed by atoms with Crippen LogP contribution < -0.4 is 0 Å². The van der Waals surface area contributed by atoms with Gasteiger partial charge in [0.25, 0.3) is 0 Å². The molecule has 0 radical (unpaired) electrons. The smallest absolute Gasteiger partial charge is 0.339 e. The second kappa shape index (κ2) is 10.2. The van der Waals surface area contributed by atoms with Crippen LogP contribution in [0, 0.1) is 5.82 Å². The number of halogens is 2. The number of aryl methyl sites for hydroxylation is 2. The third kappa shape index (κ3) is 5.50. The van der Waals surface area contributed by atoms with Gasteiger partial charge in [0.1, 0.15) is 11.6 Å². The molecular weight excluding hydrogens is 429 g/mol. The molecule has 0 amide bonds. The Morgan fingerprint density at radius 3 is 2.50 bits per heavy atom. The number of aromatic nitrogens is 2. The van der Waals surface area contributed by atoms with Gasteiger partial charge in [-0.15, -0.1) is 0 Å². The lowest BCUT2D eigenvalue weighted by Gasteiger charge is -2.35. The van der Waals surface area contributed by atoms with Crippen LogP contribution >= 0.6 is 11.6 Å². The molecule has 1 unspecified atom stereocenters. The Morgan fingerprint density at radius 2 is 1.78 bits per heavy atom. The van der Waals surface area contributed by atoms with Gasteiger partial charge in [-0.2, -0.15) is 0 Å². The van der Waals surface area contributed by atoms with E-state index in [1.54, 1.807) is 12.1 Å². The second-order valence-corrected chi connectivity index (χ2v) is 8.57. The van der Waals surface area contributed by atoms with E-state index < -0.39 is 5.97 Å². The van der Waals surface area contributed by atoms with Crippen molar-refractivity contribution < 1.29 is 14.3 Å². The molecular formula is C25H25ClFN3O2. The lowest BCUT2D eigenvalue weighted by atomic mass is 9.99. The number of rotatable bonds is 7. The van der Waals surface area contributed by atoms with E-state index in [1.165, 1.54) is 23.9 Å². The zero-order valence-corrected chi connectivity index (χ0v) is 18.4. The first kappa shape index (κ1) is 22.4. The summed E-state index contributed by atoms with van der Waals surface area (Å²) in [5.74, 6) is -0.660. The summed E-state index contributed by atoms with van der Waals surface area (Å²) >= 11 is 6.02. The van der Waals surface area contributed by atoms with Gasteiger partial charge in [-0.25, -0.2) is 19.2 Å². The number of likely N-dealkylation sites (tertiary alicyclic amines) is 1. The third-order valence-corrected chi connectivity index (χ3v) is 6.14. The summed E-state index contributed by atoms with van der Waals surface area (Å²) in [6.07, 6.45) is 5.57. The summed E-state index contributed by atoms with van der Waals surface area (Å²) in [4.78, 5) is 23.3. The minimum atomic E-state index is -1.03. The number of benzene rings is 2. The SMILES string of the molecule is O=C(O)c1cnc(C2CCCCN2Cc2ccc(Cl)cc2)nc1CCc1ccc(F)cc1. The van der Waals surface area contributed by atoms with E-state index in [0.29, 0.717) is 29.4 Å². The molecule has 5 nitrogen and oxygen atoms in total. The molecule has 7 heteroatoms. The van der Waals surface area contributed by atoms with Crippen molar-refractivity contribution >= 4 is 17.6 Å². The van der Waals surface area contributed by atoms with E-state index in [9.17, 15) is 14.3 Å². The first-order valence-corrected chi connectivity index (χ1v) is 11.2. The van der Waals surface area contributed by atoms with Crippen molar-refractivity contribution in [2.45, 2.75) is 44.7 Å². The maximum atomic E-state index is 13.2. The number of aromatic carboxylic acids is 1. The highest BCUT2D eigenvalue weighted by molar-refractivity contribution is 6.30. The molecule has 32 heavy (non-hydrogen) atoms. The van der Waals surface area contributed by atoms with Crippen LogP contribution in [0.2, 0.25) is 5.02 Å². The van der Waals surface area contributed by atoms with Gasteiger partial charge in [0, 0.05) is 17.8 Å². The fourth-order valence-corrected chi connectivity index (χ4v) is 4.30. The van der Waals surface area contributed by atoms with Gasteiger partial charge in [0.05, 0.1) is 17.3 Å². The van der Waals surface area contributed by atoms with Crippen molar-refractivity contribution in [3.05, 3.63) is 93.8 Å². The standard InChI is InChI=1S/C25H25ClFN3O2/c26-19-9-4-18(5-10-19)16-30-14-2-1-3-23(30)24-28-15-21(25(31)32)22(29-24)13-8-17-6-11-20(27)12-7-17/h4-7,9-12,15,23H,1-3,8,13-14,16H2,(H,31,32). The van der Waals surface area contributed by atoms with Crippen molar-refractivity contribution in [3.63, 3.8) is 0 Å². The molecule has 0 bridgehead atoms. The summed E-state index contributed by atoms with van der Waals surface area (Å²) in [5, 5.41) is 10.3. The van der Waals surface area contributed by atoms with Crippen LogP contribution in [0.25, 0.3) is 0 Å². The van der Waals surface area contributed by atoms with Crippen LogP contribution in [0.1, 0.15) is 58.3 Å². The van der Waals surface area contributed by atoms with Crippen molar-refractivity contribution in [3.8, 4) is 0 Å². The number of hydrogen-bond donors (Lipinski definition) is 1. The molecule has 0 spiro atoms. The van der Waals surface area contributed by atoms with Gasteiger partial charge >= 0.3 is 5.97 Å². The molecule has 1 saturated heterocycles. The van der Waals surface area contributed by atoms with Crippen molar-refractivity contribution in [1.82, 2.24) is 14.9 Å². The van der Waals surface area contributed by atoms with Crippen LogP contribution in [0.4, 0.5) is 4.39 Å². The molecule has 3 aromatic rings. The molecule has 1 atom stereocenters. The Hall–Kier alpha value is -2.83. The number of nitrogens with zero attached hydrogens (tertiary/aromatic N) is 3. The van der Waals surface area contributed by atoms with Crippen LogP contribution in [0.15, 0.2) is 54.7 Å². The molecule has 1 aliphatic rings. The predicted molar refractivity (Wildman–Crippen MR) is 121 cm³/mol. The van der Waals surface area contributed by atoms with Gasteiger partial charge < -0.3 is 5.11 Å². The van der Waals surface area contributed by atoms with Gasteiger partial charge in [0.15, 0.2) is 0 Å². The maximum Gasteiger partial charge on any atom is 0.339 e. The second-order valence-electron chi connectivity index (χ2n) is 8.13. The summed E-state index contributed by atoms with van der Waals surface area (Å²) in [6.45, 7) is 1.69. The number of carbonyl (C=O) groups is 1.